The number of aliphatic hydroxyl groups excluding tert-OH is 1. The van der Waals surface area contributed by atoms with E-state index >= 15 is 0 Å². The van der Waals surface area contributed by atoms with Crippen LogP contribution in [-0.4, -0.2) is 137 Å². The molecule has 0 saturated carbocycles. The molecule has 5 aromatic rings. The number of aliphatic hydroxyl groups is 1. The van der Waals surface area contributed by atoms with Crippen LogP contribution >= 0.6 is 0 Å². The molecule has 23 nitrogen and oxygen atoms in total. The number of alkyl carbamates (subject to hydrolysis) is 1. The SMILES string of the molecule is CCNC(=O)[C@@H]1CCCN1C(=O)[C@H](CCCN=C(N)N)NC(=O)[C@H](CC(C)C)NC(=O)[C@@H](C)NC(=O)[C@H](Cc1ccc(OCc2ccccc2)cc1)NC(=O)[C@H](CO)NC(=O)[C@H](Cc1c[nH]c2ccccc12)NC(=O)OCc1ccccc1. The van der Waals surface area contributed by atoms with Gasteiger partial charge in [-0.05, 0) is 92.3 Å². The van der Waals surface area contributed by atoms with Gasteiger partial charge in [0.05, 0.1) is 6.61 Å². The lowest BCUT2D eigenvalue weighted by Gasteiger charge is -2.30. The number of rotatable bonds is 30. The van der Waals surface area contributed by atoms with Crippen LogP contribution in [0, 0.1) is 5.92 Å². The van der Waals surface area contributed by atoms with E-state index in [2.05, 4.69) is 47.2 Å². The first-order valence-corrected chi connectivity index (χ1v) is 28.0. The lowest BCUT2D eigenvalue weighted by atomic mass is 10.0. The van der Waals surface area contributed by atoms with Gasteiger partial charge in [0, 0.05) is 49.6 Å². The second-order valence-electron chi connectivity index (χ2n) is 20.8. The van der Waals surface area contributed by atoms with Gasteiger partial charge in [0.2, 0.25) is 41.4 Å². The van der Waals surface area contributed by atoms with Crippen molar-refractivity contribution in [2.45, 2.75) is 128 Å². The zero-order valence-corrected chi connectivity index (χ0v) is 47.4. The number of hydrogen-bond acceptors (Lipinski definition) is 12. The second kappa shape index (κ2) is 31.9. The van der Waals surface area contributed by atoms with Crippen LogP contribution in [0.3, 0.4) is 0 Å². The molecule has 8 amide bonds. The third kappa shape index (κ3) is 19.6. The number of carbonyl (C=O) groups excluding carboxylic acids is 8. The van der Waals surface area contributed by atoms with Gasteiger partial charge in [-0.3, -0.25) is 38.6 Å². The maximum atomic E-state index is 14.4. The number of para-hydroxylation sites is 1. The number of guanidine groups is 1. The van der Waals surface area contributed by atoms with E-state index in [1.165, 1.54) is 11.8 Å². The number of H-pyrrole nitrogens is 1. The van der Waals surface area contributed by atoms with Gasteiger partial charge in [-0.1, -0.05) is 105 Å². The second-order valence-corrected chi connectivity index (χ2v) is 20.8. The van der Waals surface area contributed by atoms with Gasteiger partial charge >= 0.3 is 6.09 Å². The Morgan fingerprint density at radius 2 is 1.27 bits per heavy atom. The lowest BCUT2D eigenvalue weighted by molar-refractivity contribution is -0.142. The third-order valence-electron chi connectivity index (χ3n) is 13.8. The molecule has 444 valence electrons. The Labute approximate surface area is 482 Å². The first-order chi connectivity index (χ1) is 39.9. The van der Waals surface area contributed by atoms with Crippen molar-refractivity contribution in [1.82, 2.24) is 47.1 Å². The molecule has 0 spiro atoms. The van der Waals surface area contributed by atoms with Crippen molar-refractivity contribution in [3.05, 3.63) is 138 Å². The van der Waals surface area contributed by atoms with Crippen molar-refractivity contribution in [2.24, 2.45) is 22.4 Å². The molecule has 1 aliphatic rings. The first kappa shape index (κ1) is 63.2. The van der Waals surface area contributed by atoms with Crippen LogP contribution in [-0.2, 0) is 64.4 Å². The molecule has 1 saturated heterocycles. The summed E-state index contributed by atoms with van der Waals surface area (Å²) in [6.45, 7) is 6.96. The number of amides is 8. The van der Waals surface area contributed by atoms with E-state index in [1.54, 1.807) is 61.7 Å². The molecule has 0 unspecified atom stereocenters. The number of nitrogens with one attached hydrogen (secondary N) is 8. The first-order valence-electron chi connectivity index (χ1n) is 28.0. The van der Waals surface area contributed by atoms with Crippen molar-refractivity contribution < 1.29 is 52.9 Å². The van der Waals surface area contributed by atoms with Crippen LogP contribution in [0.25, 0.3) is 10.9 Å². The van der Waals surface area contributed by atoms with Gasteiger partial charge in [0.15, 0.2) is 5.96 Å². The zero-order chi connectivity index (χ0) is 59.8. The van der Waals surface area contributed by atoms with E-state index in [9.17, 15) is 43.5 Å². The van der Waals surface area contributed by atoms with Crippen molar-refractivity contribution in [3.8, 4) is 5.75 Å². The number of aliphatic imine (C=N–C) groups is 1. The quantitative estimate of drug-likeness (QED) is 0.0179. The topological polar surface area (TPSA) is 343 Å². The van der Waals surface area contributed by atoms with E-state index in [0.717, 1.165) is 16.5 Å². The number of ether oxygens (including phenoxy) is 2. The summed E-state index contributed by atoms with van der Waals surface area (Å²) in [5.41, 5.74) is 14.7. The highest BCUT2D eigenvalue weighted by Crippen LogP contribution is 2.22. The summed E-state index contributed by atoms with van der Waals surface area (Å²) in [4.78, 5) is 120. The molecule has 0 radical (unpaired) electrons. The molecule has 1 aromatic heterocycles. The largest absolute Gasteiger partial charge is 0.489 e. The maximum absolute atomic E-state index is 14.4. The summed E-state index contributed by atoms with van der Waals surface area (Å²) >= 11 is 0. The molecule has 23 heteroatoms. The average molecular weight is 1140 g/mol. The maximum Gasteiger partial charge on any atom is 0.408 e. The molecular weight excluding hydrogens is 1060 g/mol. The van der Waals surface area contributed by atoms with E-state index in [1.807, 2.05) is 74.5 Å². The van der Waals surface area contributed by atoms with Crippen LogP contribution in [0.2, 0.25) is 0 Å². The molecule has 6 rings (SSSR count). The smallest absolute Gasteiger partial charge is 0.408 e. The predicted octanol–water partition coefficient (Wildman–Crippen LogP) is 2.49. The fourth-order valence-electron chi connectivity index (χ4n) is 9.49. The fourth-order valence-corrected chi connectivity index (χ4v) is 9.49. The highest BCUT2D eigenvalue weighted by atomic mass is 16.5. The number of aromatic amines is 1. The summed E-state index contributed by atoms with van der Waals surface area (Å²) in [6.07, 6.45) is 2.14. The highest BCUT2D eigenvalue weighted by molar-refractivity contribution is 5.98. The molecule has 0 aliphatic carbocycles. The van der Waals surface area contributed by atoms with Crippen molar-refractivity contribution in [3.63, 3.8) is 0 Å². The summed E-state index contributed by atoms with van der Waals surface area (Å²) in [5, 5.41) is 30.2. The Balaban J connectivity index is 1.18. The minimum Gasteiger partial charge on any atom is -0.489 e. The molecular formula is C60H78N12O11. The van der Waals surface area contributed by atoms with Gasteiger partial charge in [-0.2, -0.15) is 0 Å². The molecule has 13 N–H and O–H groups in total. The lowest BCUT2D eigenvalue weighted by Crippen LogP contribution is -2.60. The fraction of sp³-hybridized carbons (Fsp3) is 0.417. The van der Waals surface area contributed by atoms with Gasteiger partial charge in [-0.15, -0.1) is 0 Å². The Hall–Kier alpha value is -8.99. The zero-order valence-electron chi connectivity index (χ0n) is 47.4. The van der Waals surface area contributed by atoms with Crippen molar-refractivity contribution in [2.75, 3.05) is 26.2 Å². The number of nitrogens with zero attached hydrogens (tertiary/aromatic N) is 2. The molecule has 7 atom stereocenters. The average Bonchev–Trinajstić information content (AvgIpc) is 4.39. The molecule has 1 aliphatic heterocycles. The van der Waals surface area contributed by atoms with Crippen LogP contribution < -0.4 is 53.4 Å². The van der Waals surface area contributed by atoms with Crippen LogP contribution in [0.5, 0.6) is 5.75 Å². The van der Waals surface area contributed by atoms with Gasteiger partial charge < -0.3 is 73.1 Å². The number of likely N-dealkylation sites (tertiary alicyclic amines) is 1. The number of nitrogens with two attached hydrogens (primary N) is 2. The third-order valence-corrected chi connectivity index (χ3v) is 13.8. The van der Waals surface area contributed by atoms with Crippen LogP contribution in [0.4, 0.5) is 4.79 Å². The number of aromatic nitrogens is 1. The standard InChI is InChI=1S/C60H78N12O11/c1-5-63-57(79)51-23-15-29-72(51)58(80)46(22-14-28-64-59(61)62)67-54(76)47(30-37(2)3)68-52(74)38(4)66-53(75)48(31-39-24-26-43(27-25-39)82-35-40-16-8-6-9-17-40)69-56(78)50(34-73)70-55(77)49(32-42-33-65-45-21-13-12-20-44(42)45)71-60(81)83-36-41-18-10-7-11-19-41/h6-13,16-21,24-27,33,37-38,46-51,65,73H,5,14-15,22-23,28-32,34-36H2,1-4H3,(H,63,79)(H,66,75)(H,67,76)(H,68,74)(H,69,78)(H,70,77)(H,71,81)(H4,61,62,64)/t38-,46+,47+,48+,49+,50+,51+/m1/s1. The highest BCUT2D eigenvalue weighted by Gasteiger charge is 2.39. The summed E-state index contributed by atoms with van der Waals surface area (Å²) < 4.78 is 11.4. The Morgan fingerprint density at radius 1 is 0.675 bits per heavy atom. The van der Waals surface area contributed by atoms with Gasteiger partial charge in [0.25, 0.3) is 0 Å². The van der Waals surface area contributed by atoms with Crippen molar-refractivity contribution in [1.29, 1.82) is 0 Å². The molecule has 4 aromatic carbocycles. The summed E-state index contributed by atoms with van der Waals surface area (Å²) in [5.74, 6) is -4.64. The van der Waals surface area contributed by atoms with Gasteiger partial charge in [-0.25, -0.2) is 4.79 Å². The van der Waals surface area contributed by atoms with E-state index in [4.69, 9.17) is 20.9 Å². The minimum atomic E-state index is -1.65. The predicted molar refractivity (Wildman–Crippen MR) is 312 cm³/mol. The van der Waals surface area contributed by atoms with E-state index in [-0.39, 0.29) is 56.6 Å². The van der Waals surface area contributed by atoms with Crippen LogP contribution in [0.15, 0.2) is 120 Å². The Morgan fingerprint density at radius 3 is 1.93 bits per heavy atom. The minimum absolute atomic E-state index is 0.0522. The molecule has 2 heterocycles. The molecule has 83 heavy (non-hydrogen) atoms. The van der Waals surface area contributed by atoms with E-state index in [0.29, 0.717) is 61.4 Å². The Kier molecular flexibility index (Phi) is 24.3. The number of benzene rings is 4. The summed E-state index contributed by atoms with van der Waals surface area (Å²) in [7, 11) is 0. The van der Waals surface area contributed by atoms with Crippen LogP contribution in [0.1, 0.15) is 82.1 Å². The van der Waals surface area contributed by atoms with E-state index < -0.39 is 90.4 Å². The molecule has 0 bridgehead atoms. The normalized spacial score (nSPS) is 15.1. The molecule has 1 fully saturated rings. The van der Waals surface area contributed by atoms with Gasteiger partial charge in [0.1, 0.15) is 61.3 Å². The number of carbonyl (C=O) groups is 8. The summed E-state index contributed by atoms with van der Waals surface area (Å²) in [6, 6.07) is 23.9. The Bertz CT molecular complexity index is 2990. The van der Waals surface area contributed by atoms with Crippen molar-refractivity contribution >= 4 is 64.3 Å². The monoisotopic (exact) mass is 1140 g/mol. The number of fused-ring (bicyclic) bond motifs is 1. The number of likely N-dealkylation sites (N-methyl/N-ethyl adjacent to an activating group) is 1. The number of hydrogen-bond donors (Lipinski definition) is 11.